The number of hydrogen-bond acceptors (Lipinski definition) is 4. The van der Waals surface area contributed by atoms with Gasteiger partial charge in [-0.05, 0) is 65.6 Å². The van der Waals surface area contributed by atoms with Gasteiger partial charge in [0.15, 0.2) is 9.84 Å². The third-order valence-corrected chi connectivity index (χ3v) is 6.72. The summed E-state index contributed by atoms with van der Waals surface area (Å²) in [5, 5.41) is 2.78. The molecule has 4 rings (SSSR count). The predicted molar refractivity (Wildman–Crippen MR) is 131 cm³/mol. The van der Waals surface area contributed by atoms with Gasteiger partial charge in [-0.1, -0.05) is 42.5 Å². The summed E-state index contributed by atoms with van der Waals surface area (Å²) in [7, 11) is -3.44. The molecular weight excluding hydrogens is 451 g/mol. The molecule has 172 valence electrons. The summed E-state index contributed by atoms with van der Waals surface area (Å²) in [6, 6.07) is 22.5. The Kier molecular flexibility index (Phi) is 6.56. The van der Waals surface area contributed by atoms with Crippen LogP contribution in [0.4, 0.5) is 4.39 Å². The number of sulfone groups is 1. The van der Waals surface area contributed by atoms with E-state index in [-0.39, 0.29) is 22.8 Å². The van der Waals surface area contributed by atoms with Crippen LogP contribution in [0, 0.1) is 12.7 Å². The summed E-state index contributed by atoms with van der Waals surface area (Å²) >= 11 is 0. The van der Waals surface area contributed by atoms with Crippen LogP contribution in [0.15, 0.2) is 90.0 Å². The van der Waals surface area contributed by atoms with Crippen LogP contribution in [-0.2, 0) is 16.4 Å². The lowest BCUT2D eigenvalue weighted by Crippen LogP contribution is -2.23. The monoisotopic (exact) mass is 474 g/mol. The van der Waals surface area contributed by atoms with Gasteiger partial charge in [-0.3, -0.25) is 9.78 Å². The highest BCUT2D eigenvalue weighted by Crippen LogP contribution is 2.29. The van der Waals surface area contributed by atoms with Crippen LogP contribution in [0.3, 0.4) is 0 Å². The van der Waals surface area contributed by atoms with Gasteiger partial charge >= 0.3 is 0 Å². The number of carbonyl (C=O) groups is 1. The van der Waals surface area contributed by atoms with Gasteiger partial charge < -0.3 is 5.32 Å². The molecule has 0 aliphatic carbocycles. The zero-order valence-electron chi connectivity index (χ0n) is 18.7. The first-order valence-electron chi connectivity index (χ1n) is 10.6. The van der Waals surface area contributed by atoms with Crippen LogP contribution in [0.2, 0.25) is 0 Å². The normalized spacial score (nSPS) is 11.3. The number of pyridine rings is 1. The van der Waals surface area contributed by atoms with Crippen LogP contribution in [0.25, 0.3) is 22.3 Å². The van der Waals surface area contributed by atoms with Crippen molar-refractivity contribution in [1.29, 1.82) is 0 Å². The van der Waals surface area contributed by atoms with Crippen molar-refractivity contribution < 1.29 is 17.6 Å². The van der Waals surface area contributed by atoms with Crippen LogP contribution in [-0.4, -0.2) is 25.6 Å². The largest absolute Gasteiger partial charge is 0.346 e. The van der Waals surface area contributed by atoms with Gasteiger partial charge in [-0.2, -0.15) is 0 Å². The first-order valence-corrected chi connectivity index (χ1v) is 12.5. The summed E-state index contributed by atoms with van der Waals surface area (Å²) in [5.74, 6) is -0.701. The molecule has 0 saturated carbocycles. The summed E-state index contributed by atoms with van der Waals surface area (Å²) in [6.07, 6.45) is 2.75. The zero-order chi connectivity index (χ0) is 24.3. The average Bonchev–Trinajstić information content (AvgIpc) is 2.83. The van der Waals surface area contributed by atoms with E-state index in [1.54, 1.807) is 37.4 Å². The van der Waals surface area contributed by atoms with Gasteiger partial charge in [0.25, 0.3) is 5.91 Å². The maximum absolute atomic E-state index is 14.5. The molecule has 7 heteroatoms. The highest BCUT2D eigenvalue weighted by atomic mass is 32.2. The number of rotatable bonds is 6. The van der Waals surface area contributed by atoms with Crippen molar-refractivity contribution in [3.63, 3.8) is 0 Å². The molecule has 0 aliphatic rings. The molecule has 0 bridgehead atoms. The number of nitrogens with zero attached hydrogens (tertiary/aromatic N) is 1. The maximum atomic E-state index is 14.5. The zero-order valence-corrected chi connectivity index (χ0v) is 19.6. The Morgan fingerprint density at radius 3 is 2.38 bits per heavy atom. The first kappa shape index (κ1) is 23.3. The van der Waals surface area contributed by atoms with E-state index < -0.39 is 15.7 Å². The SMILES string of the molecule is Cc1ccc(C(=O)NCc2cc(-c3ccc(F)c(-c4ccccc4)c3)ccn2)cc1S(C)(=O)=O. The van der Waals surface area contributed by atoms with E-state index in [0.717, 1.165) is 22.9 Å². The Bertz CT molecular complexity index is 1470. The molecule has 3 aromatic carbocycles. The number of aromatic nitrogens is 1. The third kappa shape index (κ3) is 5.21. The predicted octanol–water partition coefficient (Wildman–Crippen LogP) is 5.20. The van der Waals surface area contributed by atoms with Crippen LogP contribution in [0.5, 0.6) is 0 Å². The van der Waals surface area contributed by atoms with Gasteiger partial charge in [0.05, 0.1) is 17.1 Å². The van der Waals surface area contributed by atoms with Crippen molar-refractivity contribution in [1.82, 2.24) is 10.3 Å². The highest BCUT2D eigenvalue weighted by Gasteiger charge is 2.15. The smallest absolute Gasteiger partial charge is 0.251 e. The number of halogens is 1. The molecule has 1 N–H and O–H groups in total. The fraction of sp³-hybridized carbons (Fsp3) is 0.111. The number of carbonyl (C=O) groups excluding carboxylic acids is 1. The van der Waals surface area contributed by atoms with E-state index in [0.29, 0.717) is 16.8 Å². The van der Waals surface area contributed by atoms with Crippen molar-refractivity contribution in [3.8, 4) is 22.3 Å². The van der Waals surface area contributed by atoms with Crippen LogP contribution < -0.4 is 5.32 Å². The molecule has 1 heterocycles. The van der Waals surface area contributed by atoms with Crippen LogP contribution in [0.1, 0.15) is 21.6 Å². The van der Waals surface area contributed by atoms with E-state index in [1.807, 2.05) is 42.5 Å². The van der Waals surface area contributed by atoms with Crippen molar-refractivity contribution in [2.45, 2.75) is 18.4 Å². The van der Waals surface area contributed by atoms with Crippen molar-refractivity contribution in [3.05, 3.63) is 108 Å². The second-order valence-electron chi connectivity index (χ2n) is 8.03. The number of aryl methyl sites for hydroxylation is 1. The summed E-state index contributed by atoms with van der Waals surface area (Å²) in [4.78, 5) is 17.1. The standard InChI is InChI=1S/C27H23FN2O3S/c1-18-8-9-22(16-26(18)34(2,32)33)27(31)30-17-23-14-21(12-13-29-23)20-10-11-25(28)24(15-20)19-6-4-3-5-7-19/h3-16H,17H2,1-2H3,(H,30,31). The van der Waals surface area contributed by atoms with Gasteiger partial charge in [0.1, 0.15) is 5.82 Å². The van der Waals surface area contributed by atoms with Crippen LogP contribution >= 0.6 is 0 Å². The van der Waals surface area contributed by atoms with Crippen molar-refractivity contribution in [2.75, 3.05) is 6.26 Å². The maximum Gasteiger partial charge on any atom is 0.251 e. The second kappa shape index (κ2) is 9.57. The summed E-state index contributed by atoms with van der Waals surface area (Å²) in [5.41, 5.74) is 4.42. The Hall–Kier alpha value is -3.84. The molecule has 0 atom stereocenters. The molecule has 0 fully saturated rings. The Morgan fingerprint density at radius 2 is 1.65 bits per heavy atom. The topological polar surface area (TPSA) is 76.1 Å². The molecule has 0 radical (unpaired) electrons. The molecule has 1 aromatic heterocycles. The van der Waals surface area contributed by atoms with E-state index in [1.165, 1.54) is 12.1 Å². The molecular formula is C27H23FN2O3S. The lowest BCUT2D eigenvalue weighted by Gasteiger charge is -2.10. The molecule has 5 nitrogen and oxygen atoms in total. The first-order chi connectivity index (χ1) is 16.2. The summed E-state index contributed by atoms with van der Waals surface area (Å²) in [6.45, 7) is 1.84. The van der Waals surface area contributed by atoms with E-state index >= 15 is 0 Å². The van der Waals surface area contributed by atoms with Gasteiger partial charge in [0.2, 0.25) is 0 Å². The lowest BCUT2D eigenvalue weighted by molar-refractivity contribution is 0.0950. The Balaban J connectivity index is 1.54. The minimum absolute atomic E-state index is 0.130. The number of benzene rings is 3. The minimum atomic E-state index is -3.44. The fourth-order valence-electron chi connectivity index (χ4n) is 3.71. The van der Waals surface area contributed by atoms with Crippen molar-refractivity contribution >= 4 is 15.7 Å². The quantitative estimate of drug-likeness (QED) is 0.417. The molecule has 0 saturated heterocycles. The molecule has 4 aromatic rings. The average molecular weight is 475 g/mol. The number of hydrogen-bond donors (Lipinski definition) is 1. The molecule has 0 spiro atoms. The number of nitrogens with one attached hydrogen (secondary N) is 1. The minimum Gasteiger partial charge on any atom is -0.346 e. The van der Waals surface area contributed by atoms with Gasteiger partial charge in [0, 0.05) is 23.6 Å². The second-order valence-corrected chi connectivity index (χ2v) is 10.0. The molecule has 0 unspecified atom stereocenters. The van der Waals surface area contributed by atoms with Crippen molar-refractivity contribution in [2.24, 2.45) is 0 Å². The molecule has 1 amide bonds. The molecule has 0 aliphatic heterocycles. The van der Waals surface area contributed by atoms with Gasteiger partial charge in [-0.25, -0.2) is 12.8 Å². The van der Waals surface area contributed by atoms with E-state index in [9.17, 15) is 17.6 Å². The molecule has 34 heavy (non-hydrogen) atoms. The van der Waals surface area contributed by atoms with E-state index in [4.69, 9.17) is 0 Å². The Morgan fingerprint density at radius 1 is 0.912 bits per heavy atom. The number of amides is 1. The van der Waals surface area contributed by atoms with E-state index in [2.05, 4.69) is 10.3 Å². The highest BCUT2D eigenvalue weighted by molar-refractivity contribution is 7.90. The summed E-state index contributed by atoms with van der Waals surface area (Å²) < 4.78 is 38.4. The third-order valence-electron chi connectivity index (χ3n) is 5.48. The van der Waals surface area contributed by atoms with Gasteiger partial charge in [-0.15, -0.1) is 0 Å². The fourth-order valence-corrected chi connectivity index (χ4v) is 4.71. The lowest BCUT2D eigenvalue weighted by atomic mass is 9.98. The Labute approximate surface area is 198 Å².